The standard InChI is InChI=1S/C24H24N6OS2/c1-4-30-16-8-6-5-7-14(16)19-21(30)27-24(29-28-19)32-13(3)20-25-22(31)18-15-10-9-12(2)11-17(15)33-23(18)26-20/h5-8,12-13H,4,9-11H2,1-3H3,(H,25,26,31). The van der Waals surface area contributed by atoms with Crippen LogP contribution in [0.2, 0.25) is 0 Å². The quantitative estimate of drug-likeness (QED) is 0.355. The lowest BCUT2D eigenvalue weighted by Crippen LogP contribution is -2.15. The smallest absolute Gasteiger partial charge is 0.259 e. The number of hydrogen-bond acceptors (Lipinski definition) is 7. The Bertz CT molecular complexity index is 1580. The Balaban J connectivity index is 1.36. The van der Waals surface area contributed by atoms with E-state index < -0.39 is 0 Å². The van der Waals surface area contributed by atoms with Crippen molar-refractivity contribution in [3.05, 3.63) is 50.9 Å². The van der Waals surface area contributed by atoms with E-state index in [1.807, 2.05) is 19.1 Å². The highest BCUT2D eigenvalue weighted by Gasteiger charge is 2.24. The minimum atomic E-state index is -0.112. The minimum absolute atomic E-state index is 0.0323. The molecule has 0 bridgehead atoms. The third-order valence-electron chi connectivity index (χ3n) is 6.52. The van der Waals surface area contributed by atoms with Gasteiger partial charge in [0.15, 0.2) is 5.65 Å². The summed E-state index contributed by atoms with van der Waals surface area (Å²) in [7, 11) is 0. The molecule has 1 aliphatic rings. The first-order valence-corrected chi connectivity index (χ1v) is 13.1. The molecule has 1 aromatic carbocycles. The van der Waals surface area contributed by atoms with Crippen LogP contribution in [0.25, 0.3) is 32.3 Å². The monoisotopic (exact) mass is 476 g/mol. The lowest BCUT2D eigenvalue weighted by Gasteiger charge is -2.17. The summed E-state index contributed by atoms with van der Waals surface area (Å²) in [5.41, 5.74) is 3.93. The lowest BCUT2D eigenvalue weighted by atomic mass is 9.89. The molecule has 4 aromatic heterocycles. The van der Waals surface area contributed by atoms with Crippen molar-refractivity contribution in [2.75, 3.05) is 0 Å². The van der Waals surface area contributed by atoms with Crippen molar-refractivity contribution < 1.29 is 0 Å². The van der Waals surface area contributed by atoms with E-state index in [9.17, 15) is 4.79 Å². The maximum Gasteiger partial charge on any atom is 0.259 e. The molecule has 0 amide bonds. The van der Waals surface area contributed by atoms with Crippen molar-refractivity contribution in [1.82, 2.24) is 29.7 Å². The molecule has 4 heterocycles. The van der Waals surface area contributed by atoms with E-state index in [-0.39, 0.29) is 10.8 Å². The number of thioether (sulfide) groups is 1. The molecule has 0 radical (unpaired) electrons. The predicted molar refractivity (Wildman–Crippen MR) is 134 cm³/mol. The highest BCUT2D eigenvalue weighted by Crippen LogP contribution is 2.37. The normalized spacial score (nSPS) is 17.1. The van der Waals surface area contributed by atoms with Crippen molar-refractivity contribution in [2.24, 2.45) is 5.92 Å². The SMILES string of the molecule is CCn1c2ccccc2c2nnc(SC(C)c3nc4sc5c(c4c(=O)[nH]3)CCC(C)C5)nc21. The van der Waals surface area contributed by atoms with Gasteiger partial charge in [-0.1, -0.05) is 36.9 Å². The fourth-order valence-electron chi connectivity index (χ4n) is 4.83. The molecule has 0 saturated carbocycles. The molecule has 9 heteroatoms. The average Bonchev–Trinajstić information content (AvgIpc) is 3.33. The zero-order valence-electron chi connectivity index (χ0n) is 18.8. The minimum Gasteiger partial charge on any atom is -0.324 e. The molecule has 1 N–H and O–H groups in total. The van der Waals surface area contributed by atoms with Gasteiger partial charge in [0.05, 0.1) is 16.2 Å². The average molecular weight is 477 g/mol. The summed E-state index contributed by atoms with van der Waals surface area (Å²) in [6.45, 7) is 7.20. The van der Waals surface area contributed by atoms with Crippen LogP contribution in [0.3, 0.4) is 0 Å². The van der Waals surface area contributed by atoms with Crippen molar-refractivity contribution in [1.29, 1.82) is 0 Å². The molecular formula is C24H24N6OS2. The molecule has 33 heavy (non-hydrogen) atoms. The second-order valence-electron chi connectivity index (χ2n) is 8.77. The highest BCUT2D eigenvalue weighted by atomic mass is 32.2. The number of nitrogens with zero attached hydrogens (tertiary/aromatic N) is 5. The Labute approximate surface area is 198 Å². The molecule has 0 saturated heterocycles. The van der Waals surface area contributed by atoms with Gasteiger partial charge in [-0.3, -0.25) is 4.79 Å². The van der Waals surface area contributed by atoms with Crippen LogP contribution in [0.15, 0.2) is 34.2 Å². The van der Waals surface area contributed by atoms with E-state index in [0.29, 0.717) is 16.9 Å². The van der Waals surface area contributed by atoms with Crippen LogP contribution in [0.4, 0.5) is 0 Å². The number of fused-ring (bicyclic) bond motifs is 6. The molecule has 6 rings (SSSR count). The summed E-state index contributed by atoms with van der Waals surface area (Å²) < 4.78 is 2.16. The Kier molecular flexibility index (Phi) is 4.99. The summed E-state index contributed by atoms with van der Waals surface area (Å²) in [6.07, 6.45) is 3.14. The molecule has 7 nitrogen and oxygen atoms in total. The van der Waals surface area contributed by atoms with Gasteiger partial charge < -0.3 is 9.55 Å². The molecule has 0 fully saturated rings. The first kappa shape index (κ1) is 20.8. The fraction of sp³-hybridized carbons (Fsp3) is 0.375. The molecule has 0 spiro atoms. The van der Waals surface area contributed by atoms with Crippen LogP contribution in [-0.2, 0) is 19.4 Å². The Hall–Kier alpha value is -2.78. The van der Waals surface area contributed by atoms with Gasteiger partial charge in [-0.25, -0.2) is 9.97 Å². The van der Waals surface area contributed by atoms with E-state index in [4.69, 9.17) is 9.97 Å². The molecule has 168 valence electrons. The van der Waals surface area contributed by atoms with Crippen LogP contribution in [0, 0.1) is 5.92 Å². The Morgan fingerprint density at radius 3 is 2.97 bits per heavy atom. The third kappa shape index (κ3) is 3.36. The third-order valence-corrected chi connectivity index (χ3v) is 8.63. The first-order valence-electron chi connectivity index (χ1n) is 11.4. The molecule has 2 unspecified atom stereocenters. The fourth-order valence-corrected chi connectivity index (χ4v) is 6.99. The molecular weight excluding hydrogens is 452 g/mol. The number of aromatic nitrogens is 6. The van der Waals surface area contributed by atoms with E-state index in [1.165, 1.54) is 22.2 Å². The second-order valence-corrected chi connectivity index (χ2v) is 11.2. The highest BCUT2D eigenvalue weighted by molar-refractivity contribution is 7.99. The van der Waals surface area contributed by atoms with Gasteiger partial charge in [-0.15, -0.1) is 21.5 Å². The van der Waals surface area contributed by atoms with E-state index in [2.05, 4.69) is 45.7 Å². The van der Waals surface area contributed by atoms with Crippen molar-refractivity contribution >= 4 is 55.4 Å². The molecule has 1 aliphatic carbocycles. The van der Waals surface area contributed by atoms with Crippen LogP contribution in [0.5, 0.6) is 0 Å². The second kappa shape index (κ2) is 7.92. The number of benzene rings is 1. The zero-order chi connectivity index (χ0) is 22.7. The summed E-state index contributed by atoms with van der Waals surface area (Å²) in [6, 6.07) is 8.18. The van der Waals surface area contributed by atoms with Gasteiger partial charge in [0.1, 0.15) is 16.2 Å². The number of aromatic amines is 1. The van der Waals surface area contributed by atoms with Gasteiger partial charge in [0, 0.05) is 16.8 Å². The van der Waals surface area contributed by atoms with Crippen molar-refractivity contribution in [2.45, 2.75) is 57.0 Å². The molecule has 0 aliphatic heterocycles. The number of thiophene rings is 1. The van der Waals surface area contributed by atoms with Crippen molar-refractivity contribution in [3.8, 4) is 0 Å². The van der Waals surface area contributed by atoms with Crippen LogP contribution in [0.1, 0.15) is 48.7 Å². The van der Waals surface area contributed by atoms with Gasteiger partial charge >= 0.3 is 0 Å². The Morgan fingerprint density at radius 2 is 2.12 bits per heavy atom. The number of aryl methyl sites for hydroxylation is 2. The van der Waals surface area contributed by atoms with E-state index in [0.717, 1.165) is 58.1 Å². The number of hydrogen-bond donors (Lipinski definition) is 1. The first-order chi connectivity index (χ1) is 16.0. The van der Waals surface area contributed by atoms with Crippen LogP contribution >= 0.6 is 23.1 Å². The number of H-pyrrole nitrogens is 1. The Morgan fingerprint density at radius 1 is 1.27 bits per heavy atom. The molecule has 2 atom stereocenters. The molecule has 5 aromatic rings. The predicted octanol–water partition coefficient (Wildman–Crippen LogP) is 5.28. The van der Waals surface area contributed by atoms with E-state index >= 15 is 0 Å². The van der Waals surface area contributed by atoms with E-state index in [1.54, 1.807) is 11.3 Å². The van der Waals surface area contributed by atoms with Crippen LogP contribution < -0.4 is 5.56 Å². The summed E-state index contributed by atoms with van der Waals surface area (Å²) in [5, 5.41) is 11.2. The maximum absolute atomic E-state index is 13.0. The lowest BCUT2D eigenvalue weighted by molar-refractivity contribution is 0.509. The van der Waals surface area contributed by atoms with Gasteiger partial charge in [0.2, 0.25) is 5.16 Å². The van der Waals surface area contributed by atoms with Gasteiger partial charge in [-0.05, 0) is 50.7 Å². The number of nitrogens with one attached hydrogen (secondary N) is 1. The largest absolute Gasteiger partial charge is 0.324 e. The van der Waals surface area contributed by atoms with Gasteiger partial charge in [-0.2, -0.15) is 0 Å². The van der Waals surface area contributed by atoms with Crippen LogP contribution in [-0.4, -0.2) is 29.7 Å². The summed E-state index contributed by atoms with van der Waals surface area (Å²) >= 11 is 3.14. The number of rotatable bonds is 4. The summed E-state index contributed by atoms with van der Waals surface area (Å²) in [5.74, 6) is 1.32. The zero-order valence-corrected chi connectivity index (χ0v) is 20.4. The van der Waals surface area contributed by atoms with Crippen molar-refractivity contribution in [3.63, 3.8) is 0 Å². The number of para-hydroxylation sites is 1. The topological polar surface area (TPSA) is 89.4 Å². The summed E-state index contributed by atoms with van der Waals surface area (Å²) in [4.78, 5) is 27.9. The maximum atomic E-state index is 13.0. The van der Waals surface area contributed by atoms with Gasteiger partial charge in [0.25, 0.3) is 5.56 Å².